The monoisotopic (exact) mass is 237 g/mol. The molecule has 1 N–H and O–H groups in total. The van der Waals surface area contributed by atoms with Crippen LogP contribution in [0.15, 0.2) is 18.2 Å². The third-order valence-electron chi connectivity index (χ3n) is 2.15. The summed E-state index contributed by atoms with van der Waals surface area (Å²) in [6.07, 6.45) is 0. The van der Waals surface area contributed by atoms with Crippen LogP contribution < -0.4 is 14.8 Å². The van der Waals surface area contributed by atoms with Crippen LogP contribution in [-0.4, -0.2) is 25.7 Å². The van der Waals surface area contributed by atoms with E-state index in [1.165, 1.54) is 0 Å². The van der Waals surface area contributed by atoms with Crippen molar-refractivity contribution in [1.82, 2.24) is 5.32 Å². The standard InChI is InChI=1S/C13H19NO3/c1-4-14-13(15)11-8-7-10(16-5-2)9-12(11)17-6-3/h7-9H,4-6H2,1-3H3,(H,14,15). The van der Waals surface area contributed by atoms with Crippen LogP contribution in [0.5, 0.6) is 11.5 Å². The van der Waals surface area contributed by atoms with E-state index in [2.05, 4.69) is 5.32 Å². The minimum atomic E-state index is -0.126. The number of benzene rings is 1. The summed E-state index contributed by atoms with van der Waals surface area (Å²) in [5, 5.41) is 2.75. The third-order valence-corrected chi connectivity index (χ3v) is 2.15. The normalized spacial score (nSPS) is 9.82. The highest BCUT2D eigenvalue weighted by molar-refractivity contribution is 5.97. The Balaban J connectivity index is 2.98. The van der Waals surface area contributed by atoms with Gasteiger partial charge in [0.15, 0.2) is 0 Å². The van der Waals surface area contributed by atoms with Gasteiger partial charge in [-0.1, -0.05) is 0 Å². The molecular weight excluding hydrogens is 218 g/mol. The van der Waals surface area contributed by atoms with Crippen LogP contribution in [0, 0.1) is 0 Å². The molecule has 4 heteroatoms. The highest BCUT2D eigenvalue weighted by Crippen LogP contribution is 2.25. The second-order valence-corrected chi connectivity index (χ2v) is 3.38. The van der Waals surface area contributed by atoms with Gasteiger partial charge in [-0.05, 0) is 32.9 Å². The lowest BCUT2D eigenvalue weighted by molar-refractivity contribution is 0.0952. The van der Waals surface area contributed by atoms with Crippen molar-refractivity contribution < 1.29 is 14.3 Å². The predicted octanol–water partition coefficient (Wildman–Crippen LogP) is 2.23. The number of hydrogen-bond donors (Lipinski definition) is 1. The molecule has 1 aromatic carbocycles. The second-order valence-electron chi connectivity index (χ2n) is 3.38. The van der Waals surface area contributed by atoms with E-state index >= 15 is 0 Å². The van der Waals surface area contributed by atoms with Crippen molar-refractivity contribution in [3.05, 3.63) is 23.8 Å². The summed E-state index contributed by atoms with van der Waals surface area (Å²) in [6, 6.07) is 5.25. The van der Waals surface area contributed by atoms with E-state index in [1.807, 2.05) is 20.8 Å². The molecule has 1 rings (SSSR count). The Morgan fingerprint density at radius 1 is 1.18 bits per heavy atom. The molecule has 0 aliphatic carbocycles. The Bertz CT molecular complexity index is 377. The van der Waals surface area contributed by atoms with Crippen LogP contribution in [0.3, 0.4) is 0 Å². The van der Waals surface area contributed by atoms with Crippen molar-refractivity contribution in [2.75, 3.05) is 19.8 Å². The third kappa shape index (κ3) is 3.66. The van der Waals surface area contributed by atoms with Gasteiger partial charge in [-0.25, -0.2) is 0 Å². The molecule has 1 amide bonds. The average molecular weight is 237 g/mol. The fourth-order valence-electron chi connectivity index (χ4n) is 1.48. The SMILES string of the molecule is CCNC(=O)c1ccc(OCC)cc1OCC. The zero-order valence-electron chi connectivity index (χ0n) is 10.6. The van der Waals surface area contributed by atoms with Gasteiger partial charge in [-0.2, -0.15) is 0 Å². The lowest BCUT2D eigenvalue weighted by atomic mass is 10.1. The van der Waals surface area contributed by atoms with E-state index in [9.17, 15) is 4.79 Å². The average Bonchev–Trinajstić information content (AvgIpc) is 2.30. The van der Waals surface area contributed by atoms with Gasteiger partial charge in [0.1, 0.15) is 11.5 Å². The van der Waals surface area contributed by atoms with Crippen LogP contribution in [0.4, 0.5) is 0 Å². The fraction of sp³-hybridized carbons (Fsp3) is 0.462. The molecule has 0 atom stereocenters. The maximum atomic E-state index is 11.8. The summed E-state index contributed by atoms with van der Waals surface area (Å²) in [5.74, 6) is 1.15. The molecule has 0 aromatic heterocycles. The molecule has 17 heavy (non-hydrogen) atoms. The Kier molecular flexibility index (Phi) is 5.33. The molecular formula is C13H19NO3. The first-order valence-corrected chi connectivity index (χ1v) is 5.90. The van der Waals surface area contributed by atoms with Gasteiger partial charge in [-0.15, -0.1) is 0 Å². The summed E-state index contributed by atoms with van der Waals surface area (Å²) < 4.78 is 10.8. The molecule has 0 fully saturated rings. The molecule has 0 heterocycles. The Hall–Kier alpha value is -1.71. The molecule has 0 saturated carbocycles. The van der Waals surface area contributed by atoms with Crippen molar-refractivity contribution in [2.45, 2.75) is 20.8 Å². The van der Waals surface area contributed by atoms with Crippen molar-refractivity contribution >= 4 is 5.91 Å². The van der Waals surface area contributed by atoms with E-state index in [0.29, 0.717) is 36.8 Å². The maximum absolute atomic E-state index is 11.8. The topological polar surface area (TPSA) is 47.6 Å². The van der Waals surface area contributed by atoms with Gasteiger partial charge in [0.05, 0.1) is 18.8 Å². The summed E-state index contributed by atoms with van der Waals surface area (Å²) in [4.78, 5) is 11.8. The molecule has 0 unspecified atom stereocenters. The molecule has 1 aromatic rings. The fourth-order valence-corrected chi connectivity index (χ4v) is 1.48. The van der Waals surface area contributed by atoms with Gasteiger partial charge in [0, 0.05) is 12.6 Å². The summed E-state index contributed by atoms with van der Waals surface area (Å²) in [5.41, 5.74) is 0.539. The van der Waals surface area contributed by atoms with Crippen LogP contribution in [0.25, 0.3) is 0 Å². The maximum Gasteiger partial charge on any atom is 0.255 e. The van der Waals surface area contributed by atoms with Crippen LogP contribution in [-0.2, 0) is 0 Å². The quantitative estimate of drug-likeness (QED) is 0.825. The minimum absolute atomic E-state index is 0.126. The van der Waals surface area contributed by atoms with Gasteiger partial charge in [0.25, 0.3) is 5.91 Å². The molecule has 0 bridgehead atoms. The van der Waals surface area contributed by atoms with Gasteiger partial charge in [0.2, 0.25) is 0 Å². The summed E-state index contributed by atoms with van der Waals surface area (Å²) in [7, 11) is 0. The first-order chi connectivity index (χ1) is 8.22. The minimum Gasteiger partial charge on any atom is -0.494 e. The van der Waals surface area contributed by atoms with Crippen molar-refractivity contribution in [1.29, 1.82) is 0 Å². The van der Waals surface area contributed by atoms with E-state index in [1.54, 1.807) is 18.2 Å². The van der Waals surface area contributed by atoms with Crippen LogP contribution >= 0.6 is 0 Å². The first-order valence-electron chi connectivity index (χ1n) is 5.90. The van der Waals surface area contributed by atoms with E-state index in [0.717, 1.165) is 0 Å². The first kappa shape index (κ1) is 13.4. The molecule has 94 valence electrons. The van der Waals surface area contributed by atoms with Crippen LogP contribution in [0.2, 0.25) is 0 Å². The lowest BCUT2D eigenvalue weighted by Gasteiger charge is -2.12. The largest absolute Gasteiger partial charge is 0.494 e. The summed E-state index contributed by atoms with van der Waals surface area (Å²) in [6.45, 7) is 7.38. The number of nitrogens with one attached hydrogen (secondary N) is 1. The number of ether oxygens (including phenoxy) is 2. The Labute approximate surface area is 102 Å². The highest BCUT2D eigenvalue weighted by atomic mass is 16.5. The zero-order valence-corrected chi connectivity index (χ0v) is 10.6. The van der Waals surface area contributed by atoms with E-state index in [4.69, 9.17) is 9.47 Å². The molecule has 0 aliphatic rings. The van der Waals surface area contributed by atoms with Gasteiger partial charge < -0.3 is 14.8 Å². The smallest absolute Gasteiger partial charge is 0.255 e. The second kappa shape index (κ2) is 6.78. The van der Waals surface area contributed by atoms with Crippen LogP contribution in [0.1, 0.15) is 31.1 Å². The van der Waals surface area contributed by atoms with Crippen molar-refractivity contribution in [2.24, 2.45) is 0 Å². The zero-order chi connectivity index (χ0) is 12.7. The van der Waals surface area contributed by atoms with Gasteiger partial charge in [-0.3, -0.25) is 4.79 Å². The molecule has 0 saturated heterocycles. The lowest BCUT2D eigenvalue weighted by Crippen LogP contribution is -2.23. The molecule has 0 spiro atoms. The Morgan fingerprint density at radius 2 is 1.88 bits per heavy atom. The number of rotatable bonds is 6. The van der Waals surface area contributed by atoms with Gasteiger partial charge >= 0.3 is 0 Å². The van der Waals surface area contributed by atoms with E-state index in [-0.39, 0.29) is 5.91 Å². The number of carbonyl (C=O) groups is 1. The molecule has 0 radical (unpaired) electrons. The number of hydrogen-bond acceptors (Lipinski definition) is 3. The summed E-state index contributed by atoms with van der Waals surface area (Å²) >= 11 is 0. The van der Waals surface area contributed by atoms with Crippen molar-refractivity contribution in [3.63, 3.8) is 0 Å². The number of carbonyl (C=O) groups excluding carboxylic acids is 1. The number of amides is 1. The molecule has 4 nitrogen and oxygen atoms in total. The highest BCUT2D eigenvalue weighted by Gasteiger charge is 2.12. The molecule has 0 aliphatic heterocycles. The predicted molar refractivity (Wildman–Crippen MR) is 66.8 cm³/mol. The van der Waals surface area contributed by atoms with E-state index < -0.39 is 0 Å². The Morgan fingerprint density at radius 3 is 2.47 bits per heavy atom. The van der Waals surface area contributed by atoms with Crippen molar-refractivity contribution in [3.8, 4) is 11.5 Å².